The van der Waals surface area contributed by atoms with Gasteiger partial charge in [-0.3, -0.25) is 4.79 Å². The number of hydrogen-bond donors (Lipinski definition) is 2. The SMILES string of the molecule is C=CCOc1ccc(/C=C/C(=O)Nc2ccc(OC)c(S(N)(=O)=O)c2)cc1OC. The molecule has 8 nitrogen and oxygen atoms in total. The van der Waals surface area contributed by atoms with Gasteiger partial charge in [0.25, 0.3) is 0 Å². The van der Waals surface area contributed by atoms with Crippen LogP contribution in [-0.2, 0) is 14.8 Å². The number of sulfonamides is 1. The second-order valence-corrected chi connectivity index (χ2v) is 7.27. The Labute approximate surface area is 169 Å². The summed E-state index contributed by atoms with van der Waals surface area (Å²) in [7, 11) is -1.16. The first-order valence-corrected chi connectivity index (χ1v) is 9.94. The van der Waals surface area contributed by atoms with E-state index in [0.717, 1.165) is 0 Å². The zero-order valence-electron chi connectivity index (χ0n) is 16.0. The average Bonchev–Trinajstić information content (AvgIpc) is 2.70. The normalized spacial score (nSPS) is 11.1. The molecule has 3 N–H and O–H groups in total. The summed E-state index contributed by atoms with van der Waals surface area (Å²) in [6.07, 6.45) is 4.51. The number of hydrogen-bond acceptors (Lipinski definition) is 6. The van der Waals surface area contributed by atoms with Gasteiger partial charge in [0, 0.05) is 11.8 Å². The summed E-state index contributed by atoms with van der Waals surface area (Å²) in [6.45, 7) is 3.94. The Morgan fingerprint density at radius 2 is 1.79 bits per heavy atom. The van der Waals surface area contributed by atoms with E-state index in [-0.39, 0.29) is 16.3 Å². The Morgan fingerprint density at radius 3 is 2.41 bits per heavy atom. The maximum absolute atomic E-state index is 12.2. The summed E-state index contributed by atoms with van der Waals surface area (Å²) >= 11 is 0. The number of carbonyl (C=O) groups is 1. The number of anilines is 1. The van der Waals surface area contributed by atoms with Crippen LogP contribution in [0, 0.1) is 0 Å². The van der Waals surface area contributed by atoms with Gasteiger partial charge >= 0.3 is 0 Å². The molecule has 1 amide bonds. The molecule has 0 aliphatic carbocycles. The fourth-order valence-electron chi connectivity index (χ4n) is 2.39. The summed E-state index contributed by atoms with van der Waals surface area (Å²) in [6, 6.07) is 9.35. The fraction of sp³-hybridized carbons (Fsp3) is 0.150. The molecule has 0 fully saturated rings. The largest absolute Gasteiger partial charge is 0.495 e. The van der Waals surface area contributed by atoms with E-state index in [4.69, 9.17) is 19.3 Å². The van der Waals surface area contributed by atoms with Crippen LogP contribution in [0.3, 0.4) is 0 Å². The molecule has 0 aliphatic heterocycles. The molecule has 0 bridgehead atoms. The van der Waals surface area contributed by atoms with Crippen LogP contribution in [-0.4, -0.2) is 35.2 Å². The van der Waals surface area contributed by atoms with Gasteiger partial charge in [-0.25, -0.2) is 13.6 Å². The summed E-state index contributed by atoms with van der Waals surface area (Å²) in [5, 5.41) is 7.75. The quantitative estimate of drug-likeness (QED) is 0.477. The lowest BCUT2D eigenvalue weighted by Gasteiger charge is -2.10. The molecule has 9 heteroatoms. The molecule has 2 rings (SSSR count). The third kappa shape index (κ3) is 6.09. The molecule has 2 aromatic rings. The third-order valence-electron chi connectivity index (χ3n) is 3.71. The lowest BCUT2D eigenvalue weighted by atomic mass is 10.2. The van der Waals surface area contributed by atoms with Gasteiger partial charge in [-0.15, -0.1) is 0 Å². The third-order valence-corrected chi connectivity index (χ3v) is 4.64. The minimum Gasteiger partial charge on any atom is -0.495 e. The van der Waals surface area contributed by atoms with Crippen LogP contribution in [0.15, 0.2) is 60.0 Å². The number of amides is 1. The smallest absolute Gasteiger partial charge is 0.248 e. The van der Waals surface area contributed by atoms with Crippen LogP contribution in [0.5, 0.6) is 17.2 Å². The number of ether oxygens (including phenoxy) is 3. The summed E-state index contributed by atoms with van der Waals surface area (Å²) in [4.78, 5) is 12.0. The van der Waals surface area contributed by atoms with E-state index in [2.05, 4.69) is 11.9 Å². The summed E-state index contributed by atoms with van der Waals surface area (Å²) in [5.41, 5.74) is 0.970. The second-order valence-electron chi connectivity index (χ2n) is 5.74. The minimum absolute atomic E-state index is 0.0897. The van der Waals surface area contributed by atoms with Crippen LogP contribution in [0.4, 0.5) is 5.69 Å². The van der Waals surface area contributed by atoms with Crippen molar-refractivity contribution in [1.82, 2.24) is 0 Å². The maximum atomic E-state index is 12.2. The van der Waals surface area contributed by atoms with Gasteiger partial charge in [0.05, 0.1) is 14.2 Å². The highest BCUT2D eigenvalue weighted by Gasteiger charge is 2.16. The van der Waals surface area contributed by atoms with Gasteiger partial charge in [0.2, 0.25) is 15.9 Å². The molecule has 0 heterocycles. The van der Waals surface area contributed by atoms with E-state index in [1.807, 2.05) is 0 Å². The van der Waals surface area contributed by atoms with Crippen LogP contribution < -0.4 is 24.7 Å². The Morgan fingerprint density at radius 1 is 1.10 bits per heavy atom. The standard InChI is InChI=1S/C20H22N2O6S/c1-4-11-28-16-8-5-14(12-18(16)27-3)6-10-20(23)22-15-7-9-17(26-2)19(13-15)29(21,24)25/h4-10,12-13H,1,11H2,2-3H3,(H,22,23)(H2,21,24,25)/b10-6+. The molecule has 0 atom stereocenters. The van der Waals surface area contributed by atoms with Gasteiger partial charge in [-0.05, 0) is 42.0 Å². The van der Waals surface area contributed by atoms with Crippen molar-refractivity contribution in [2.24, 2.45) is 5.14 Å². The van der Waals surface area contributed by atoms with Gasteiger partial charge in [-0.2, -0.15) is 0 Å². The monoisotopic (exact) mass is 418 g/mol. The number of benzene rings is 2. The van der Waals surface area contributed by atoms with Crippen LogP contribution in [0.25, 0.3) is 6.08 Å². The Hall–Kier alpha value is -3.30. The number of nitrogens with one attached hydrogen (secondary N) is 1. The fourth-order valence-corrected chi connectivity index (χ4v) is 3.11. The predicted molar refractivity (Wildman–Crippen MR) is 111 cm³/mol. The first-order valence-electron chi connectivity index (χ1n) is 8.40. The van der Waals surface area contributed by atoms with Gasteiger partial charge in [-0.1, -0.05) is 18.7 Å². The van der Waals surface area contributed by atoms with E-state index in [9.17, 15) is 13.2 Å². The summed E-state index contributed by atoms with van der Waals surface area (Å²) < 4.78 is 39.1. The first-order chi connectivity index (χ1) is 13.8. The van der Waals surface area contributed by atoms with Crippen molar-refractivity contribution in [1.29, 1.82) is 0 Å². The van der Waals surface area contributed by atoms with Crippen molar-refractivity contribution in [3.8, 4) is 17.2 Å². The molecular formula is C20H22N2O6S. The van der Waals surface area contributed by atoms with E-state index < -0.39 is 15.9 Å². The molecule has 154 valence electrons. The molecule has 0 spiro atoms. The predicted octanol–water partition coefficient (Wildman–Crippen LogP) is 2.57. The minimum atomic E-state index is -4.00. The van der Waals surface area contributed by atoms with Crippen LogP contribution in [0.2, 0.25) is 0 Å². The molecule has 0 aromatic heterocycles. The first kappa shape index (κ1) is 22.0. The zero-order chi connectivity index (χ0) is 21.4. The van der Waals surface area contributed by atoms with Crippen molar-refractivity contribution in [2.45, 2.75) is 4.90 Å². The molecular weight excluding hydrogens is 396 g/mol. The number of methoxy groups -OCH3 is 2. The Balaban J connectivity index is 2.15. The van der Waals surface area contributed by atoms with E-state index >= 15 is 0 Å². The molecule has 0 unspecified atom stereocenters. The molecule has 29 heavy (non-hydrogen) atoms. The molecule has 2 aromatic carbocycles. The van der Waals surface area contributed by atoms with Crippen LogP contribution >= 0.6 is 0 Å². The van der Waals surface area contributed by atoms with Crippen molar-refractivity contribution >= 4 is 27.7 Å². The lowest BCUT2D eigenvalue weighted by Crippen LogP contribution is -2.15. The topological polar surface area (TPSA) is 117 Å². The Kier molecular flexibility index (Phi) is 7.40. The molecule has 0 radical (unpaired) electrons. The lowest BCUT2D eigenvalue weighted by molar-refractivity contribution is -0.111. The van der Waals surface area contributed by atoms with Crippen molar-refractivity contribution in [2.75, 3.05) is 26.1 Å². The highest BCUT2D eigenvalue weighted by Crippen LogP contribution is 2.29. The van der Waals surface area contributed by atoms with Crippen molar-refractivity contribution < 1.29 is 27.4 Å². The van der Waals surface area contributed by atoms with Crippen molar-refractivity contribution in [3.63, 3.8) is 0 Å². The Bertz CT molecular complexity index is 1030. The van der Waals surface area contributed by atoms with Crippen LogP contribution in [0.1, 0.15) is 5.56 Å². The summed E-state index contributed by atoms with van der Waals surface area (Å²) in [5.74, 6) is 0.707. The second kappa shape index (κ2) is 9.76. The van der Waals surface area contributed by atoms with Crippen molar-refractivity contribution in [3.05, 3.63) is 60.7 Å². The number of nitrogens with two attached hydrogens (primary N) is 1. The maximum Gasteiger partial charge on any atom is 0.248 e. The van der Waals surface area contributed by atoms with E-state index in [0.29, 0.717) is 23.7 Å². The van der Waals surface area contributed by atoms with Gasteiger partial charge in [0.15, 0.2) is 11.5 Å². The zero-order valence-corrected chi connectivity index (χ0v) is 16.9. The highest BCUT2D eigenvalue weighted by atomic mass is 32.2. The van der Waals surface area contributed by atoms with Gasteiger partial charge < -0.3 is 19.5 Å². The molecule has 0 saturated carbocycles. The van der Waals surface area contributed by atoms with E-state index in [1.165, 1.54) is 38.5 Å². The molecule has 0 saturated heterocycles. The number of primary sulfonamides is 1. The number of rotatable bonds is 9. The average molecular weight is 418 g/mol. The highest BCUT2D eigenvalue weighted by molar-refractivity contribution is 7.89. The molecule has 0 aliphatic rings. The van der Waals surface area contributed by atoms with Gasteiger partial charge in [0.1, 0.15) is 17.3 Å². The van der Waals surface area contributed by atoms with E-state index in [1.54, 1.807) is 30.4 Å². The number of carbonyl (C=O) groups excluding carboxylic acids is 1.